The summed E-state index contributed by atoms with van der Waals surface area (Å²) in [6, 6.07) is 5.50. The number of halogens is 7. The summed E-state index contributed by atoms with van der Waals surface area (Å²) >= 11 is 0. The predicted molar refractivity (Wildman–Crippen MR) is 93.6 cm³/mol. The summed E-state index contributed by atoms with van der Waals surface area (Å²) < 4.78 is 92.3. The first-order valence-corrected chi connectivity index (χ1v) is 8.63. The molecule has 0 aliphatic heterocycles. The minimum Gasteiger partial charge on any atom is -0.345 e. The van der Waals surface area contributed by atoms with Crippen molar-refractivity contribution >= 4 is 5.91 Å². The van der Waals surface area contributed by atoms with E-state index in [4.69, 9.17) is 0 Å². The van der Waals surface area contributed by atoms with Crippen LogP contribution in [0.15, 0.2) is 48.8 Å². The lowest BCUT2D eigenvalue weighted by Crippen LogP contribution is -2.29. The topological polar surface area (TPSA) is 59.8 Å². The highest BCUT2D eigenvalue weighted by Gasteiger charge is 2.41. The van der Waals surface area contributed by atoms with Crippen molar-refractivity contribution in [2.45, 2.75) is 25.3 Å². The SMILES string of the molecule is CC(NC(=O)c1cnn(-c2ccc(C(F)(F)F)cn2)c1C(F)(F)F)c1ccc(F)cc1. The smallest absolute Gasteiger partial charge is 0.345 e. The van der Waals surface area contributed by atoms with E-state index < -0.39 is 52.8 Å². The fourth-order valence-corrected chi connectivity index (χ4v) is 2.75. The molecule has 0 aliphatic carbocycles. The van der Waals surface area contributed by atoms with Crippen LogP contribution in [0.2, 0.25) is 0 Å². The number of hydrogen-bond acceptors (Lipinski definition) is 3. The van der Waals surface area contributed by atoms with Gasteiger partial charge in [0.05, 0.1) is 23.4 Å². The summed E-state index contributed by atoms with van der Waals surface area (Å²) in [6.07, 6.45) is -8.76. The van der Waals surface area contributed by atoms with Crippen LogP contribution in [0.1, 0.15) is 40.1 Å². The lowest BCUT2D eigenvalue weighted by atomic mass is 10.1. The number of pyridine rings is 1. The Bertz CT molecular complexity index is 1070. The van der Waals surface area contributed by atoms with Gasteiger partial charge in [-0.15, -0.1) is 0 Å². The molecule has 1 N–H and O–H groups in total. The van der Waals surface area contributed by atoms with E-state index in [0.29, 0.717) is 30.1 Å². The molecule has 31 heavy (non-hydrogen) atoms. The van der Waals surface area contributed by atoms with Crippen LogP contribution < -0.4 is 5.32 Å². The average molecular weight is 446 g/mol. The zero-order valence-electron chi connectivity index (χ0n) is 15.6. The second-order valence-corrected chi connectivity index (χ2v) is 6.47. The van der Waals surface area contributed by atoms with Crippen LogP contribution >= 0.6 is 0 Å². The molecule has 0 radical (unpaired) electrons. The van der Waals surface area contributed by atoms with Crippen molar-refractivity contribution in [3.05, 3.63) is 77.0 Å². The summed E-state index contributed by atoms with van der Waals surface area (Å²) in [4.78, 5) is 15.9. The number of benzene rings is 1. The van der Waals surface area contributed by atoms with Gasteiger partial charge in [-0.05, 0) is 36.8 Å². The van der Waals surface area contributed by atoms with Gasteiger partial charge in [0.25, 0.3) is 5.91 Å². The molecular formula is C19H13F7N4O. The minimum absolute atomic E-state index is 0.248. The Balaban J connectivity index is 1.94. The molecule has 1 aromatic carbocycles. The number of carbonyl (C=O) groups is 1. The number of nitrogens with zero attached hydrogens (tertiary/aromatic N) is 3. The normalized spacial score (nSPS) is 13.2. The Morgan fingerprint density at radius 1 is 0.968 bits per heavy atom. The van der Waals surface area contributed by atoms with Crippen LogP contribution in [-0.2, 0) is 12.4 Å². The van der Waals surface area contributed by atoms with Gasteiger partial charge in [-0.3, -0.25) is 4.79 Å². The van der Waals surface area contributed by atoms with E-state index in [2.05, 4.69) is 15.4 Å². The van der Waals surface area contributed by atoms with Crippen LogP contribution in [0, 0.1) is 5.82 Å². The first-order valence-electron chi connectivity index (χ1n) is 8.63. The highest BCUT2D eigenvalue weighted by Crippen LogP contribution is 2.34. The molecule has 0 fully saturated rings. The van der Waals surface area contributed by atoms with Crippen molar-refractivity contribution in [1.82, 2.24) is 20.1 Å². The number of hydrogen-bond donors (Lipinski definition) is 1. The average Bonchev–Trinajstić information content (AvgIpc) is 3.14. The standard InChI is InChI=1S/C19H13F7N4O/c1-10(11-2-5-13(20)6-3-11)29-17(31)14-9-28-30(16(14)19(24,25)26)15-7-4-12(8-27-15)18(21,22)23/h2-10H,1H3,(H,29,31). The van der Waals surface area contributed by atoms with E-state index in [-0.39, 0.29) is 4.68 Å². The van der Waals surface area contributed by atoms with Crippen LogP contribution in [0.4, 0.5) is 30.7 Å². The molecule has 2 aromatic heterocycles. The molecule has 2 heterocycles. The van der Waals surface area contributed by atoms with Gasteiger partial charge in [0.2, 0.25) is 0 Å². The highest BCUT2D eigenvalue weighted by molar-refractivity contribution is 5.95. The molecule has 1 unspecified atom stereocenters. The molecule has 1 amide bonds. The number of carbonyl (C=O) groups excluding carboxylic acids is 1. The Labute approximate surface area is 170 Å². The van der Waals surface area contributed by atoms with E-state index in [1.807, 2.05) is 0 Å². The number of aromatic nitrogens is 3. The van der Waals surface area contributed by atoms with Gasteiger partial charge in [0, 0.05) is 6.20 Å². The van der Waals surface area contributed by atoms with Crippen LogP contribution in [-0.4, -0.2) is 20.7 Å². The van der Waals surface area contributed by atoms with E-state index in [1.165, 1.54) is 19.1 Å². The van der Waals surface area contributed by atoms with Gasteiger partial charge in [0.15, 0.2) is 11.5 Å². The van der Waals surface area contributed by atoms with E-state index in [1.54, 1.807) is 0 Å². The summed E-state index contributed by atoms with van der Waals surface area (Å²) in [7, 11) is 0. The fourth-order valence-electron chi connectivity index (χ4n) is 2.75. The van der Waals surface area contributed by atoms with Gasteiger partial charge in [-0.2, -0.15) is 31.4 Å². The van der Waals surface area contributed by atoms with E-state index in [0.717, 1.165) is 12.1 Å². The van der Waals surface area contributed by atoms with Crippen molar-refractivity contribution < 1.29 is 35.5 Å². The summed E-state index contributed by atoms with van der Waals surface area (Å²) in [5, 5.41) is 5.85. The molecule has 164 valence electrons. The van der Waals surface area contributed by atoms with E-state index in [9.17, 15) is 35.5 Å². The molecule has 1 atom stereocenters. The third-order valence-corrected chi connectivity index (χ3v) is 4.29. The van der Waals surface area contributed by atoms with E-state index >= 15 is 0 Å². The predicted octanol–water partition coefficient (Wildman–Crippen LogP) is 4.94. The lowest BCUT2D eigenvalue weighted by molar-refractivity contribution is -0.143. The maximum atomic E-state index is 13.7. The molecule has 3 aromatic rings. The summed E-state index contributed by atoms with van der Waals surface area (Å²) in [5.74, 6) is -2.19. The molecular weight excluding hydrogens is 433 g/mol. The Morgan fingerprint density at radius 2 is 1.61 bits per heavy atom. The molecule has 0 aliphatic rings. The molecule has 0 bridgehead atoms. The first kappa shape index (κ1) is 22.2. The Kier molecular flexibility index (Phi) is 5.74. The monoisotopic (exact) mass is 446 g/mol. The second kappa shape index (κ2) is 8.00. The Morgan fingerprint density at radius 3 is 2.13 bits per heavy atom. The van der Waals surface area contributed by atoms with Crippen molar-refractivity contribution in [2.24, 2.45) is 0 Å². The molecule has 0 saturated heterocycles. The van der Waals surface area contributed by atoms with Crippen molar-refractivity contribution in [1.29, 1.82) is 0 Å². The van der Waals surface area contributed by atoms with Crippen LogP contribution in [0.25, 0.3) is 5.82 Å². The van der Waals surface area contributed by atoms with Gasteiger partial charge >= 0.3 is 12.4 Å². The summed E-state index contributed by atoms with van der Waals surface area (Å²) in [5.41, 5.74) is -3.05. The zero-order chi connectivity index (χ0) is 23.0. The molecule has 12 heteroatoms. The van der Waals surface area contributed by atoms with Crippen LogP contribution in [0.5, 0.6) is 0 Å². The number of rotatable bonds is 4. The third-order valence-electron chi connectivity index (χ3n) is 4.29. The largest absolute Gasteiger partial charge is 0.434 e. The number of nitrogens with one attached hydrogen (secondary N) is 1. The van der Waals surface area contributed by atoms with Crippen molar-refractivity contribution in [2.75, 3.05) is 0 Å². The minimum atomic E-state index is -5.06. The molecule has 5 nitrogen and oxygen atoms in total. The molecule has 0 spiro atoms. The van der Waals surface area contributed by atoms with Crippen molar-refractivity contribution in [3.8, 4) is 5.82 Å². The highest BCUT2D eigenvalue weighted by atomic mass is 19.4. The van der Waals surface area contributed by atoms with Gasteiger partial charge in [-0.1, -0.05) is 12.1 Å². The summed E-state index contributed by atoms with van der Waals surface area (Å²) in [6.45, 7) is 1.49. The molecule has 3 rings (SSSR count). The maximum absolute atomic E-state index is 13.7. The maximum Gasteiger partial charge on any atom is 0.434 e. The third kappa shape index (κ3) is 4.84. The fraction of sp³-hybridized carbons (Fsp3) is 0.211. The van der Waals surface area contributed by atoms with Gasteiger partial charge in [-0.25, -0.2) is 14.1 Å². The molecule has 0 saturated carbocycles. The lowest BCUT2D eigenvalue weighted by Gasteiger charge is -2.16. The van der Waals surface area contributed by atoms with Crippen molar-refractivity contribution in [3.63, 3.8) is 0 Å². The van der Waals surface area contributed by atoms with Gasteiger partial charge in [0.1, 0.15) is 5.82 Å². The van der Waals surface area contributed by atoms with Crippen LogP contribution in [0.3, 0.4) is 0 Å². The van der Waals surface area contributed by atoms with Gasteiger partial charge < -0.3 is 5.32 Å². The zero-order valence-corrected chi connectivity index (χ0v) is 15.6. The Hall–Kier alpha value is -3.44. The quantitative estimate of drug-likeness (QED) is 0.578. The number of amides is 1. The second-order valence-electron chi connectivity index (χ2n) is 6.47. The number of alkyl halides is 6. The first-order chi connectivity index (χ1) is 14.4.